The van der Waals surface area contributed by atoms with Gasteiger partial charge < -0.3 is 35.6 Å². The van der Waals surface area contributed by atoms with Gasteiger partial charge in [0.1, 0.15) is 18.3 Å². The molecule has 0 heterocycles. The molecule has 9 heteroatoms. The second-order valence-electron chi connectivity index (χ2n) is 3.43. The first-order valence-corrected chi connectivity index (χ1v) is 4.99. The number of nitrogens with zero attached hydrogens (tertiary/aromatic N) is 1. The topological polar surface area (TPSA) is 154 Å². The van der Waals surface area contributed by atoms with Crippen LogP contribution >= 0.6 is 0 Å². The summed E-state index contributed by atoms with van der Waals surface area (Å²) in [5.41, 5.74) is 0. The molecule has 0 bridgehead atoms. The summed E-state index contributed by atoms with van der Waals surface area (Å²) < 4.78 is 0. The molecule has 0 rings (SSSR count). The van der Waals surface area contributed by atoms with Crippen molar-refractivity contribution in [3.8, 4) is 0 Å². The number of rotatable bonds is 7. The Balaban J connectivity index is 0. The zero-order chi connectivity index (χ0) is 13.6. The molecule has 0 aliphatic heterocycles. The third-order valence-corrected chi connectivity index (χ3v) is 1.99. The average Bonchev–Trinajstić information content (AvgIpc) is 2.31. The van der Waals surface area contributed by atoms with E-state index in [-0.39, 0.29) is 36.1 Å². The van der Waals surface area contributed by atoms with E-state index in [1.165, 1.54) is 0 Å². The maximum atomic E-state index is 11.1. The maximum Gasteiger partial charge on any atom is 1.00 e. The van der Waals surface area contributed by atoms with E-state index < -0.39 is 36.3 Å². The van der Waals surface area contributed by atoms with E-state index >= 15 is 0 Å². The van der Waals surface area contributed by atoms with E-state index in [0.29, 0.717) is 6.42 Å². The Kier molecular flexibility index (Phi) is 10.8. The number of aliphatic carboxylic acids is 1. The van der Waals surface area contributed by atoms with Crippen LogP contribution in [-0.2, 0) is 4.79 Å². The van der Waals surface area contributed by atoms with Crippen molar-refractivity contribution in [2.45, 2.75) is 37.8 Å². The van der Waals surface area contributed by atoms with Crippen molar-refractivity contribution in [2.75, 3.05) is 6.54 Å². The molecule has 0 aromatic heterocycles. The number of hydrogen-bond donors (Lipinski definition) is 5. The maximum absolute atomic E-state index is 11.1. The Morgan fingerprint density at radius 2 is 1.61 bits per heavy atom. The van der Waals surface area contributed by atoms with E-state index in [4.69, 9.17) is 15.3 Å². The molecule has 4 atom stereocenters. The molecule has 0 fully saturated rings. The number of carboxylic acids is 1. The van der Waals surface area contributed by atoms with E-state index in [9.17, 15) is 20.1 Å². The summed E-state index contributed by atoms with van der Waals surface area (Å²) in [4.78, 5) is 13.7. The largest absolute Gasteiger partial charge is 1.00 e. The Hall–Kier alpha value is -0.220. The van der Waals surface area contributed by atoms with Gasteiger partial charge in [0.05, 0.1) is 0 Å². The molecule has 0 spiro atoms. The van der Waals surface area contributed by atoms with E-state index in [1.54, 1.807) is 6.92 Å². The summed E-state index contributed by atoms with van der Waals surface area (Å²) in [6.07, 6.45) is -8.10. The summed E-state index contributed by atoms with van der Waals surface area (Å²) in [5.74, 6) is -2.85. The van der Waals surface area contributed by atoms with E-state index in [0.717, 1.165) is 0 Å². The van der Waals surface area contributed by atoms with Gasteiger partial charge in [0, 0.05) is 6.54 Å². The number of hydrogen-bond acceptors (Lipinski definition) is 7. The number of aliphatic imine (C=N–C) groups is 1. The minimum atomic E-state index is -2.29. The zero-order valence-electron chi connectivity index (χ0n) is 10.2. The van der Waals surface area contributed by atoms with Crippen molar-refractivity contribution in [3.63, 3.8) is 0 Å². The smallest absolute Gasteiger partial charge is 0.860 e. The summed E-state index contributed by atoms with van der Waals surface area (Å²) in [6.45, 7) is 1.88. The van der Waals surface area contributed by atoms with Crippen LogP contribution in [0.1, 0.15) is 13.3 Å². The molecule has 18 heavy (non-hydrogen) atoms. The van der Waals surface area contributed by atoms with Crippen LogP contribution in [0.15, 0.2) is 4.99 Å². The fourth-order valence-electron chi connectivity index (χ4n) is 0.981. The zero-order valence-corrected chi connectivity index (χ0v) is 12.2. The van der Waals surface area contributed by atoms with Crippen LogP contribution < -0.4 is 34.7 Å². The van der Waals surface area contributed by atoms with E-state index in [1.807, 2.05) is 0 Å². The Morgan fingerprint density at radius 1 is 1.17 bits per heavy atom. The molecule has 0 amide bonds. The quantitative estimate of drug-likeness (QED) is 0.175. The predicted octanol–water partition coefficient (Wildman–Crippen LogP) is -6.31. The number of carbonyl (C=O) groups is 1. The fourth-order valence-corrected chi connectivity index (χ4v) is 0.981. The second-order valence-corrected chi connectivity index (χ2v) is 3.43. The molecule has 0 radical (unpaired) electrons. The van der Waals surface area contributed by atoms with Gasteiger partial charge in [-0.15, -0.1) is 0 Å². The summed E-state index contributed by atoms with van der Waals surface area (Å²) in [6, 6.07) is 0. The van der Waals surface area contributed by atoms with Crippen LogP contribution in [0.4, 0.5) is 0 Å². The minimum Gasteiger partial charge on any atom is -0.860 e. The molecule has 0 aromatic carbocycles. The van der Waals surface area contributed by atoms with Gasteiger partial charge in [-0.05, 0) is 12.3 Å². The standard InChI is InChI=1S/C9H17NO7.Na/c1-2-3-10-8(15)6(13)4(11)5(12)7(14)9(16)17;/h4-7,11-14H,2-3H2,1H3,(H,10,15)(H,16,17);/q;+1/p-1/t4-,5-,6+,7-;/m0./s1. The van der Waals surface area contributed by atoms with Crippen LogP contribution in [0.3, 0.4) is 0 Å². The molecule has 0 aromatic rings. The van der Waals surface area contributed by atoms with Gasteiger partial charge >= 0.3 is 35.5 Å². The summed E-state index contributed by atoms with van der Waals surface area (Å²) in [5, 5.41) is 56.1. The average molecular weight is 273 g/mol. The molecule has 0 aliphatic rings. The van der Waals surface area contributed by atoms with Crippen molar-refractivity contribution in [1.82, 2.24) is 0 Å². The van der Waals surface area contributed by atoms with Gasteiger partial charge in [0.25, 0.3) is 0 Å². The van der Waals surface area contributed by atoms with Crippen molar-refractivity contribution in [3.05, 3.63) is 0 Å². The van der Waals surface area contributed by atoms with Crippen LogP contribution in [0.2, 0.25) is 0 Å². The SMILES string of the molecule is CCCN=C([O-])[C@H](O)[C@@H](O)[C@H](O)[C@H](O)C(=O)O.[Na+]. The number of carboxylic acid groups (broad SMARTS) is 1. The van der Waals surface area contributed by atoms with Gasteiger partial charge in [-0.25, -0.2) is 4.79 Å². The van der Waals surface area contributed by atoms with Gasteiger partial charge in [-0.1, -0.05) is 6.92 Å². The first-order chi connectivity index (χ1) is 7.82. The van der Waals surface area contributed by atoms with Crippen LogP contribution in [0.25, 0.3) is 0 Å². The number of aliphatic hydroxyl groups is 4. The first kappa shape index (κ1) is 20.1. The first-order valence-electron chi connectivity index (χ1n) is 4.99. The van der Waals surface area contributed by atoms with Gasteiger partial charge in [0.15, 0.2) is 6.10 Å². The number of aliphatic hydroxyl groups excluding tert-OH is 4. The third-order valence-electron chi connectivity index (χ3n) is 1.99. The molecular formula is C9H16NNaO7. The van der Waals surface area contributed by atoms with Crippen LogP contribution in [-0.4, -0.2) is 68.4 Å². The van der Waals surface area contributed by atoms with Crippen LogP contribution in [0, 0.1) is 0 Å². The molecular weight excluding hydrogens is 257 g/mol. The molecule has 0 saturated carbocycles. The molecule has 0 unspecified atom stereocenters. The van der Waals surface area contributed by atoms with Crippen LogP contribution in [0.5, 0.6) is 0 Å². The van der Waals surface area contributed by atoms with Crippen molar-refractivity contribution >= 4 is 11.9 Å². The van der Waals surface area contributed by atoms with Gasteiger partial charge in [0.2, 0.25) is 0 Å². The second kappa shape index (κ2) is 9.68. The summed E-state index contributed by atoms with van der Waals surface area (Å²) in [7, 11) is 0. The minimum absolute atomic E-state index is 0. The predicted molar refractivity (Wildman–Crippen MR) is 54.3 cm³/mol. The van der Waals surface area contributed by atoms with Crippen molar-refractivity contribution in [1.29, 1.82) is 0 Å². The molecule has 0 saturated heterocycles. The normalized spacial score (nSPS) is 18.4. The molecule has 8 nitrogen and oxygen atoms in total. The fraction of sp³-hybridized carbons (Fsp3) is 0.778. The van der Waals surface area contributed by atoms with E-state index in [2.05, 4.69) is 4.99 Å². The molecule has 100 valence electrons. The molecule has 0 aliphatic carbocycles. The van der Waals surface area contributed by atoms with Crippen molar-refractivity contribution in [2.24, 2.45) is 4.99 Å². The van der Waals surface area contributed by atoms with Gasteiger partial charge in [-0.3, -0.25) is 0 Å². The third kappa shape index (κ3) is 6.10. The monoisotopic (exact) mass is 273 g/mol. The van der Waals surface area contributed by atoms with Gasteiger partial charge in [-0.2, -0.15) is 0 Å². The summed E-state index contributed by atoms with van der Waals surface area (Å²) >= 11 is 0. The Bertz CT molecular complexity index is 286. The molecule has 5 N–H and O–H groups in total. The Morgan fingerprint density at radius 3 is 2.00 bits per heavy atom. The van der Waals surface area contributed by atoms with Crippen molar-refractivity contribution < 1.29 is 65.0 Å². The Labute approximate surface area is 126 Å².